The molecule has 186 valence electrons. The predicted molar refractivity (Wildman–Crippen MR) is 137 cm³/mol. The summed E-state index contributed by atoms with van der Waals surface area (Å²) in [7, 11) is 0. The summed E-state index contributed by atoms with van der Waals surface area (Å²) >= 11 is 12.2. The van der Waals surface area contributed by atoms with Gasteiger partial charge in [-0.2, -0.15) is 5.11 Å². The van der Waals surface area contributed by atoms with Crippen molar-refractivity contribution in [1.82, 2.24) is 0 Å². The molecule has 0 atom stereocenters. The van der Waals surface area contributed by atoms with Gasteiger partial charge in [-0.15, -0.1) is 5.11 Å². The Kier molecular flexibility index (Phi) is 9.49. The van der Waals surface area contributed by atoms with Crippen LogP contribution in [0.15, 0.2) is 77.0 Å². The maximum absolute atomic E-state index is 12.0. The number of carbonyl (C=O) groups excluding carboxylic acids is 2. The van der Waals surface area contributed by atoms with Crippen LogP contribution in [0.1, 0.15) is 18.9 Å². The van der Waals surface area contributed by atoms with E-state index in [0.717, 1.165) is 23.4 Å². The summed E-state index contributed by atoms with van der Waals surface area (Å²) in [4.78, 5) is 35.4. The van der Waals surface area contributed by atoms with Gasteiger partial charge in [-0.3, -0.25) is 19.7 Å². The van der Waals surface area contributed by atoms with Gasteiger partial charge >= 0.3 is 5.97 Å². The zero-order valence-electron chi connectivity index (χ0n) is 19.3. The molecule has 0 aromatic heterocycles. The van der Waals surface area contributed by atoms with Crippen LogP contribution in [-0.2, 0) is 20.9 Å². The Morgan fingerprint density at radius 2 is 1.64 bits per heavy atom. The van der Waals surface area contributed by atoms with Gasteiger partial charge in [-0.05, 0) is 36.8 Å². The average Bonchev–Trinajstić information content (AvgIpc) is 2.85. The van der Waals surface area contributed by atoms with Crippen LogP contribution in [0.25, 0.3) is 0 Å². The third kappa shape index (κ3) is 7.86. The number of nitrogens with zero attached hydrogens (tertiary/aromatic N) is 4. The van der Waals surface area contributed by atoms with Crippen LogP contribution in [0.3, 0.4) is 0 Å². The highest BCUT2D eigenvalue weighted by Gasteiger charge is 2.15. The number of azo groups is 1. The van der Waals surface area contributed by atoms with Crippen LogP contribution < -0.4 is 4.90 Å². The first-order chi connectivity index (χ1) is 17.2. The Bertz CT molecular complexity index is 1240. The largest absolute Gasteiger partial charge is 0.458 e. The molecule has 36 heavy (non-hydrogen) atoms. The van der Waals surface area contributed by atoms with E-state index in [1.54, 1.807) is 12.1 Å². The van der Waals surface area contributed by atoms with Crippen molar-refractivity contribution < 1.29 is 19.2 Å². The number of ketones is 1. The first-order valence-electron chi connectivity index (χ1n) is 10.8. The number of rotatable bonds is 11. The molecule has 0 aliphatic carbocycles. The molecule has 0 heterocycles. The molecule has 0 fully saturated rings. The van der Waals surface area contributed by atoms with Crippen molar-refractivity contribution in [3.8, 4) is 0 Å². The Morgan fingerprint density at radius 3 is 2.22 bits per heavy atom. The van der Waals surface area contributed by atoms with Crippen LogP contribution >= 0.6 is 23.2 Å². The molecular formula is C25H22Cl2N4O5. The fourth-order valence-corrected chi connectivity index (χ4v) is 3.73. The van der Waals surface area contributed by atoms with Gasteiger partial charge < -0.3 is 9.64 Å². The maximum atomic E-state index is 12.0. The first-order valence-corrected chi connectivity index (χ1v) is 11.6. The van der Waals surface area contributed by atoms with Crippen LogP contribution in [-0.4, -0.2) is 29.8 Å². The molecule has 0 saturated carbocycles. The van der Waals surface area contributed by atoms with Crippen LogP contribution in [0.4, 0.5) is 22.7 Å². The van der Waals surface area contributed by atoms with E-state index in [9.17, 15) is 19.7 Å². The molecule has 0 aliphatic rings. The average molecular weight is 529 g/mol. The quantitative estimate of drug-likeness (QED) is 0.116. The highest BCUT2D eigenvalue weighted by molar-refractivity contribution is 6.39. The first kappa shape index (κ1) is 26.8. The van der Waals surface area contributed by atoms with Crippen molar-refractivity contribution in [1.29, 1.82) is 0 Å². The Balaban J connectivity index is 1.75. The Hall–Kier alpha value is -3.82. The highest BCUT2D eigenvalue weighted by atomic mass is 35.5. The second kappa shape index (κ2) is 12.8. The lowest BCUT2D eigenvalue weighted by molar-refractivity contribution is -0.384. The van der Waals surface area contributed by atoms with E-state index in [1.807, 2.05) is 47.4 Å². The molecule has 3 rings (SSSR count). The summed E-state index contributed by atoms with van der Waals surface area (Å²) in [6.07, 6.45) is 0.110. The topological polar surface area (TPSA) is 114 Å². The number of Topliss-reactive ketones (excluding diaryl/α,β-unsaturated/α-hetero) is 1. The zero-order chi connectivity index (χ0) is 26.1. The fourth-order valence-electron chi connectivity index (χ4n) is 3.17. The maximum Gasteiger partial charge on any atom is 0.308 e. The number of ether oxygens (including phenoxy) is 1. The van der Waals surface area contributed by atoms with Crippen molar-refractivity contribution in [2.75, 3.05) is 18.1 Å². The predicted octanol–water partition coefficient (Wildman–Crippen LogP) is 6.85. The number of nitro benzene ring substituents is 1. The van der Waals surface area contributed by atoms with E-state index in [0.29, 0.717) is 18.8 Å². The number of carbonyl (C=O) groups is 2. The summed E-state index contributed by atoms with van der Waals surface area (Å²) in [6, 6.07) is 19.2. The van der Waals surface area contributed by atoms with E-state index < -0.39 is 10.9 Å². The van der Waals surface area contributed by atoms with Gasteiger partial charge in [0.25, 0.3) is 5.69 Å². The standard InChI is InChI=1S/C25H22Cl2N4O5/c1-17(32)16-36-24(33)11-12-30(15-18-5-3-2-4-6-18)20-9-7-19(8-10-20)28-29-25-22(26)13-21(31(34)35)14-23(25)27/h2-10,13-14H,11-12,15-16H2,1H3. The molecule has 3 aromatic rings. The SMILES string of the molecule is CC(=O)COC(=O)CCN(Cc1ccccc1)c1ccc(N=Nc2c(Cl)cc([N+](=O)[O-])cc2Cl)cc1. The van der Waals surface area contributed by atoms with Gasteiger partial charge in [0.15, 0.2) is 5.78 Å². The minimum Gasteiger partial charge on any atom is -0.458 e. The van der Waals surface area contributed by atoms with E-state index >= 15 is 0 Å². The Morgan fingerprint density at radius 1 is 1.00 bits per heavy atom. The number of esters is 1. The van der Waals surface area contributed by atoms with Gasteiger partial charge in [-0.25, -0.2) is 0 Å². The Labute approximate surface area is 217 Å². The van der Waals surface area contributed by atoms with E-state index in [1.165, 1.54) is 6.92 Å². The second-order valence-electron chi connectivity index (χ2n) is 7.75. The van der Waals surface area contributed by atoms with Crippen molar-refractivity contribution >= 4 is 57.7 Å². The number of hydrogen-bond donors (Lipinski definition) is 0. The number of benzene rings is 3. The molecule has 0 spiro atoms. The smallest absolute Gasteiger partial charge is 0.308 e. The van der Waals surface area contributed by atoms with Crippen LogP contribution in [0.5, 0.6) is 0 Å². The fraction of sp³-hybridized carbons (Fsp3) is 0.200. The number of halogens is 2. The van der Waals surface area contributed by atoms with E-state index in [4.69, 9.17) is 27.9 Å². The molecule has 0 N–H and O–H groups in total. The summed E-state index contributed by atoms with van der Waals surface area (Å²) in [5, 5.41) is 19.1. The highest BCUT2D eigenvalue weighted by Crippen LogP contribution is 2.38. The molecule has 0 amide bonds. The number of nitro groups is 1. The number of anilines is 1. The van der Waals surface area contributed by atoms with Gasteiger partial charge in [0.2, 0.25) is 0 Å². The number of non-ortho nitro benzene ring substituents is 1. The third-order valence-electron chi connectivity index (χ3n) is 4.93. The van der Waals surface area contributed by atoms with Gasteiger partial charge in [0.05, 0.1) is 27.1 Å². The lowest BCUT2D eigenvalue weighted by Crippen LogP contribution is -2.26. The second-order valence-corrected chi connectivity index (χ2v) is 8.57. The minimum absolute atomic E-state index is 0.0141. The third-order valence-corrected chi connectivity index (χ3v) is 5.51. The monoisotopic (exact) mass is 528 g/mol. The van der Waals surface area contributed by atoms with Crippen LogP contribution in [0, 0.1) is 10.1 Å². The minimum atomic E-state index is -0.596. The zero-order valence-corrected chi connectivity index (χ0v) is 20.8. The normalized spacial score (nSPS) is 10.9. The van der Waals surface area contributed by atoms with Gasteiger partial charge in [0.1, 0.15) is 12.3 Å². The molecule has 0 unspecified atom stereocenters. The summed E-state index contributed by atoms with van der Waals surface area (Å²) in [6.45, 7) is 2.05. The van der Waals surface area contributed by atoms with Crippen LogP contribution in [0.2, 0.25) is 10.0 Å². The molecule has 0 saturated heterocycles. The van der Waals surface area contributed by atoms with Gasteiger partial charge in [0, 0.05) is 30.9 Å². The lowest BCUT2D eigenvalue weighted by Gasteiger charge is -2.25. The molecule has 0 bridgehead atoms. The molecule has 11 heteroatoms. The van der Waals surface area contributed by atoms with Crippen molar-refractivity contribution in [3.05, 3.63) is 92.5 Å². The van der Waals surface area contributed by atoms with Crippen molar-refractivity contribution in [2.45, 2.75) is 19.9 Å². The molecule has 0 aliphatic heterocycles. The molecule has 9 nitrogen and oxygen atoms in total. The van der Waals surface area contributed by atoms with E-state index in [2.05, 4.69) is 10.2 Å². The molecule has 3 aromatic carbocycles. The lowest BCUT2D eigenvalue weighted by atomic mass is 10.2. The number of hydrogen-bond acceptors (Lipinski definition) is 8. The van der Waals surface area contributed by atoms with E-state index in [-0.39, 0.29) is 40.2 Å². The summed E-state index contributed by atoms with van der Waals surface area (Å²) in [5.41, 5.74) is 2.29. The van der Waals surface area contributed by atoms with Crippen molar-refractivity contribution in [3.63, 3.8) is 0 Å². The van der Waals surface area contributed by atoms with Gasteiger partial charge in [-0.1, -0.05) is 53.5 Å². The molecule has 0 radical (unpaired) electrons. The summed E-state index contributed by atoms with van der Waals surface area (Å²) < 4.78 is 4.97. The molecular weight excluding hydrogens is 507 g/mol. The van der Waals surface area contributed by atoms with Crippen molar-refractivity contribution in [2.24, 2.45) is 10.2 Å². The summed E-state index contributed by atoms with van der Waals surface area (Å²) in [5.74, 6) is -0.670.